The molecule has 0 amide bonds. The van der Waals surface area contributed by atoms with Crippen LogP contribution in [0.3, 0.4) is 0 Å². The van der Waals surface area contributed by atoms with Crippen molar-refractivity contribution >= 4 is 5.97 Å². The Bertz CT molecular complexity index is 448. The Morgan fingerprint density at radius 3 is 3.06 bits per heavy atom. The van der Waals surface area contributed by atoms with Crippen LogP contribution >= 0.6 is 0 Å². The topological polar surface area (TPSA) is 84.3 Å². The minimum absolute atomic E-state index is 0.139. The summed E-state index contributed by atoms with van der Waals surface area (Å²) in [5, 5.41) is 12.3. The van der Waals surface area contributed by atoms with Gasteiger partial charge >= 0.3 is 5.97 Å². The van der Waals surface area contributed by atoms with Gasteiger partial charge in [-0.1, -0.05) is 0 Å². The lowest BCUT2D eigenvalue weighted by molar-refractivity contribution is 0.0687. The predicted molar refractivity (Wildman–Crippen MR) is 64.6 cm³/mol. The molecule has 18 heavy (non-hydrogen) atoms. The van der Waals surface area contributed by atoms with Gasteiger partial charge in [0.1, 0.15) is 5.82 Å². The van der Waals surface area contributed by atoms with Crippen molar-refractivity contribution in [1.29, 1.82) is 0 Å². The third-order valence-electron chi connectivity index (χ3n) is 2.93. The number of nitrogens with one attached hydrogen (secondary N) is 1. The van der Waals surface area contributed by atoms with Crippen LogP contribution < -0.4 is 5.32 Å². The molecular formula is C12H17N3O3. The van der Waals surface area contributed by atoms with E-state index in [4.69, 9.17) is 4.74 Å². The van der Waals surface area contributed by atoms with E-state index in [1.807, 2.05) is 0 Å². The Labute approximate surface area is 105 Å². The van der Waals surface area contributed by atoms with E-state index in [0.717, 1.165) is 30.6 Å². The average molecular weight is 251 g/mol. The number of carboxylic acids is 1. The van der Waals surface area contributed by atoms with E-state index in [1.165, 1.54) is 0 Å². The normalized spacial score (nSPS) is 14.3. The molecule has 0 bridgehead atoms. The van der Waals surface area contributed by atoms with E-state index in [1.54, 1.807) is 7.11 Å². The highest BCUT2D eigenvalue weighted by atomic mass is 16.5. The summed E-state index contributed by atoms with van der Waals surface area (Å²) in [5.74, 6) is -0.379. The van der Waals surface area contributed by atoms with Crippen LogP contribution in [0.1, 0.15) is 34.0 Å². The molecule has 0 atom stereocenters. The molecule has 1 aromatic rings. The SMILES string of the molecule is COCCCc1nc2c(c(C(=O)O)n1)CNCC2. The summed E-state index contributed by atoms with van der Waals surface area (Å²) < 4.78 is 4.97. The second-order valence-corrected chi connectivity index (χ2v) is 4.24. The second kappa shape index (κ2) is 5.88. The van der Waals surface area contributed by atoms with Crippen LogP contribution in [-0.4, -0.2) is 41.3 Å². The van der Waals surface area contributed by atoms with Gasteiger partial charge in [0.25, 0.3) is 0 Å². The maximum atomic E-state index is 11.2. The van der Waals surface area contributed by atoms with Crippen LogP contribution in [0.25, 0.3) is 0 Å². The minimum Gasteiger partial charge on any atom is -0.476 e. The molecule has 0 fully saturated rings. The predicted octanol–water partition coefficient (Wildman–Crippen LogP) is 0.400. The first-order chi connectivity index (χ1) is 8.72. The Kier molecular flexibility index (Phi) is 4.22. The standard InChI is InChI=1S/C12H17N3O3/c1-18-6-2-3-10-14-9-4-5-13-7-8(9)11(15-10)12(16)17/h13H,2-7H2,1H3,(H,16,17). The van der Waals surface area contributed by atoms with Crippen LogP contribution in [0.4, 0.5) is 0 Å². The highest BCUT2D eigenvalue weighted by molar-refractivity contribution is 5.87. The van der Waals surface area contributed by atoms with Crippen LogP contribution in [0.2, 0.25) is 0 Å². The number of carboxylic acid groups (broad SMARTS) is 1. The molecule has 0 saturated heterocycles. The molecule has 0 radical (unpaired) electrons. The van der Waals surface area contributed by atoms with Crippen LogP contribution in [0.15, 0.2) is 0 Å². The zero-order valence-electron chi connectivity index (χ0n) is 10.4. The summed E-state index contributed by atoms with van der Waals surface area (Å²) in [4.78, 5) is 19.8. The number of ether oxygens (including phenoxy) is 1. The van der Waals surface area contributed by atoms with Gasteiger partial charge < -0.3 is 15.2 Å². The van der Waals surface area contributed by atoms with Gasteiger partial charge in [-0.3, -0.25) is 0 Å². The Balaban J connectivity index is 2.26. The monoisotopic (exact) mass is 251 g/mol. The van der Waals surface area contributed by atoms with Gasteiger partial charge in [0.15, 0.2) is 5.69 Å². The molecular weight excluding hydrogens is 234 g/mol. The molecule has 0 aliphatic carbocycles. The number of methoxy groups -OCH3 is 1. The summed E-state index contributed by atoms with van der Waals surface area (Å²) in [6, 6.07) is 0. The number of carbonyl (C=O) groups is 1. The molecule has 2 rings (SSSR count). The lowest BCUT2D eigenvalue weighted by Crippen LogP contribution is -2.28. The molecule has 2 N–H and O–H groups in total. The maximum Gasteiger partial charge on any atom is 0.354 e. The first kappa shape index (κ1) is 12.9. The van der Waals surface area contributed by atoms with Crippen LogP contribution in [0, 0.1) is 0 Å². The molecule has 6 nitrogen and oxygen atoms in total. The van der Waals surface area contributed by atoms with E-state index < -0.39 is 5.97 Å². The van der Waals surface area contributed by atoms with Gasteiger partial charge in [-0.15, -0.1) is 0 Å². The first-order valence-electron chi connectivity index (χ1n) is 6.04. The van der Waals surface area contributed by atoms with Crippen LogP contribution in [0.5, 0.6) is 0 Å². The quantitative estimate of drug-likeness (QED) is 0.737. The Morgan fingerprint density at radius 1 is 1.50 bits per heavy atom. The van der Waals surface area contributed by atoms with Gasteiger partial charge in [-0.05, 0) is 6.42 Å². The van der Waals surface area contributed by atoms with E-state index in [2.05, 4.69) is 15.3 Å². The van der Waals surface area contributed by atoms with Gasteiger partial charge in [-0.25, -0.2) is 14.8 Å². The van der Waals surface area contributed by atoms with Crippen molar-refractivity contribution in [2.75, 3.05) is 20.3 Å². The smallest absolute Gasteiger partial charge is 0.354 e. The fraction of sp³-hybridized carbons (Fsp3) is 0.583. The molecule has 1 aromatic heterocycles. The summed E-state index contributed by atoms with van der Waals surface area (Å²) in [6.45, 7) is 2.00. The van der Waals surface area contributed by atoms with Crippen molar-refractivity contribution in [3.8, 4) is 0 Å². The fourth-order valence-corrected chi connectivity index (χ4v) is 2.06. The van der Waals surface area contributed by atoms with Crippen molar-refractivity contribution in [2.45, 2.75) is 25.8 Å². The van der Waals surface area contributed by atoms with E-state index >= 15 is 0 Å². The largest absolute Gasteiger partial charge is 0.476 e. The molecule has 0 saturated carbocycles. The number of nitrogens with zero attached hydrogens (tertiary/aromatic N) is 2. The molecule has 6 heteroatoms. The fourth-order valence-electron chi connectivity index (χ4n) is 2.06. The van der Waals surface area contributed by atoms with Crippen molar-refractivity contribution in [3.05, 3.63) is 22.8 Å². The van der Waals surface area contributed by atoms with Crippen molar-refractivity contribution < 1.29 is 14.6 Å². The van der Waals surface area contributed by atoms with E-state index in [-0.39, 0.29) is 5.69 Å². The van der Waals surface area contributed by atoms with Gasteiger partial charge in [0.05, 0.1) is 5.69 Å². The highest BCUT2D eigenvalue weighted by Gasteiger charge is 2.21. The number of hydrogen-bond acceptors (Lipinski definition) is 5. The molecule has 0 aromatic carbocycles. The molecule has 98 valence electrons. The third-order valence-corrected chi connectivity index (χ3v) is 2.93. The number of aryl methyl sites for hydroxylation is 1. The first-order valence-corrected chi connectivity index (χ1v) is 6.04. The summed E-state index contributed by atoms with van der Waals surface area (Å²) >= 11 is 0. The number of fused-ring (bicyclic) bond motifs is 1. The molecule has 0 unspecified atom stereocenters. The second-order valence-electron chi connectivity index (χ2n) is 4.24. The van der Waals surface area contributed by atoms with Gasteiger partial charge in [-0.2, -0.15) is 0 Å². The molecule has 0 spiro atoms. The van der Waals surface area contributed by atoms with Crippen LogP contribution in [-0.2, 0) is 24.1 Å². The maximum absolute atomic E-state index is 11.2. The number of hydrogen-bond donors (Lipinski definition) is 2. The Hall–Kier alpha value is -1.53. The summed E-state index contributed by atoms with van der Waals surface area (Å²) in [6.07, 6.45) is 2.21. The van der Waals surface area contributed by atoms with Crippen molar-refractivity contribution in [3.63, 3.8) is 0 Å². The lowest BCUT2D eigenvalue weighted by atomic mass is 10.0. The lowest BCUT2D eigenvalue weighted by Gasteiger charge is -2.18. The highest BCUT2D eigenvalue weighted by Crippen LogP contribution is 2.16. The molecule has 1 aliphatic rings. The van der Waals surface area contributed by atoms with Crippen molar-refractivity contribution in [2.24, 2.45) is 0 Å². The number of aromatic carboxylic acids is 1. The van der Waals surface area contributed by atoms with E-state index in [9.17, 15) is 9.90 Å². The zero-order chi connectivity index (χ0) is 13.0. The summed E-state index contributed by atoms with van der Waals surface area (Å²) in [7, 11) is 1.64. The molecule has 2 heterocycles. The molecule has 1 aliphatic heterocycles. The average Bonchev–Trinajstić information content (AvgIpc) is 2.38. The van der Waals surface area contributed by atoms with Crippen molar-refractivity contribution in [1.82, 2.24) is 15.3 Å². The van der Waals surface area contributed by atoms with Gasteiger partial charge in [0, 0.05) is 45.2 Å². The number of rotatable bonds is 5. The third kappa shape index (κ3) is 2.83. The van der Waals surface area contributed by atoms with E-state index in [0.29, 0.717) is 25.4 Å². The summed E-state index contributed by atoms with van der Waals surface area (Å²) in [5.41, 5.74) is 1.73. The minimum atomic E-state index is -0.981. The van der Waals surface area contributed by atoms with Gasteiger partial charge in [0.2, 0.25) is 0 Å². The Morgan fingerprint density at radius 2 is 2.33 bits per heavy atom. The zero-order valence-corrected chi connectivity index (χ0v) is 10.4. The number of aromatic nitrogens is 2.